The van der Waals surface area contributed by atoms with Crippen molar-refractivity contribution in [1.82, 2.24) is 40.4 Å². The molecule has 16 nitrogen and oxygen atoms in total. The highest BCUT2D eigenvalue weighted by atomic mass is 16.7. The number of nitrogens with zero attached hydrogens (tertiary/aromatic N) is 4. The zero-order valence-electron chi connectivity index (χ0n) is 35.4. The van der Waals surface area contributed by atoms with Crippen molar-refractivity contribution < 1.29 is 38.1 Å². The average molecular weight is 833 g/mol. The van der Waals surface area contributed by atoms with E-state index < -0.39 is 42.1 Å². The van der Waals surface area contributed by atoms with Crippen LogP contribution >= 0.6 is 0 Å². The lowest BCUT2D eigenvalue weighted by Crippen LogP contribution is -2.52. The van der Waals surface area contributed by atoms with Crippen molar-refractivity contribution in [2.75, 3.05) is 40.5 Å². The quantitative estimate of drug-likeness (QED) is 0.115. The van der Waals surface area contributed by atoms with Crippen molar-refractivity contribution in [3.8, 4) is 22.3 Å². The molecular weight excluding hydrogens is 781 g/mol. The van der Waals surface area contributed by atoms with Gasteiger partial charge < -0.3 is 49.3 Å². The second kappa shape index (κ2) is 16.7. The van der Waals surface area contributed by atoms with Crippen molar-refractivity contribution in [3.05, 3.63) is 84.0 Å². The van der Waals surface area contributed by atoms with Crippen LogP contribution in [-0.4, -0.2) is 112 Å². The van der Waals surface area contributed by atoms with Gasteiger partial charge in [0.25, 0.3) is 0 Å². The number of rotatable bonds is 10. The Kier molecular flexibility index (Phi) is 11.3. The summed E-state index contributed by atoms with van der Waals surface area (Å²) in [5.74, 6) is -0.499. The predicted octanol–water partition coefficient (Wildman–Crippen LogP) is 6.38. The molecule has 0 radical (unpaired) electrons. The van der Waals surface area contributed by atoms with Gasteiger partial charge in [0.15, 0.2) is 5.79 Å². The van der Waals surface area contributed by atoms with Crippen molar-refractivity contribution in [1.29, 1.82) is 0 Å². The highest BCUT2D eigenvalue weighted by molar-refractivity contribution is 5.89. The predicted molar refractivity (Wildman–Crippen MR) is 227 cm³/mol. The van der Waals surface area contributed by atoms with Gasteiger partial charge in [0.2, 0.25) is 11.8 Å². The Morgan fingerprint density at radius 1 is 0.721 bits per heavy atom. The Morgan fingerprint density at radius 2 is 1.20 bits per heavy atom. The van der Waals surface area contributed by atoms with E-state index in [1.54, 1.807) is 9.80 Å². The van der Waals surface area contributed by atoms with Gasteiger partial charge in [-0.1, -0.05) is 75.7 Å². The second-order valence-corrected chi connectivity index (χ2v) is 16.7. The van der Waals surface area contributed by atoms with Crippen LogP contribution in [0.5, 0.6) is 0 Å². The number of likely N-dealkylation sites (tertiary alicyclic amines) is 1. The van der Waals surface area contributed by atoms with Crippen LogP contribution in [0, 0.1) is 11.8 Å². The number of hydrogen-bond acceptors (Lipinski definition) is 10. The number of fused-ring (bicyclic) bond motifs is 2. The first-order valence-electron chi connectivity index (χ1n) is 20.6. The van der Waals surface area contributed by atoms with Crippen LogP contribution in [0.15, 0.2) is 72.3 Å². The number of amides is 4. The lowest BCUT2D eigenvalue weighted by Gasteiger charge is -2.30. The molecule has 4 atom stereocenters. The lowest BCUT2D eigenvalue weighted by atomic mass is 10.00. The number of aromatic amines is 2. The van der Waals surface area contributed by atoms with Gasteiger partial charge in [-0.25, -0.2) is 19.6 Å². The van der Waals surface area contributed by atoms with E-state index in [0.29, 0.717) is 37.8 Å². The van der Waals surface area contributed by atoms with E-state index >= 15 is 0 Å². The number of imidazole rings is 2. The Balaban J connectivity index is 1.01. The first kappa shape index (κ1) is 41.5. The fourth-order valence-corrected chi connectivity index (χ4v) is 8.57. The largest absolute Gasteiger partial charge is 0.453 e. The average Bonchev–Trinajstić information content (AvgIpc) is 4.11. The molecule has 3 aromatic carbocycles. The fraction of sp³-hybridized carbons (Fsp3) is 0.422. The van der Waals surface area contributed by atoms with Gasteiger partial charge in [-0.15, -0.1) is 0 Å². The number of aromatic nitrogens is 4. The minimum atomic E-state index is -0.944. The maximum atomic E-state index is 14.1. The summed E-state index contributed by atoms with van der Waals surface area (Å²) in [6, 6.07) is 18.0. The molecule has 3 aliphatic heterocycles. The SMILES string of the molecule is COC(=O)NC(C(=O)N1CC(C)=CC1c1nc2ccc(-c3ccc(-c4ccc5nc(C6CC7(CN6C(=O)C(NC(=O)OC)C(C)C)OCCO7)[nH]c5c4)cc3)cc2[nH]1)C(C)C. The van der Waals surface area contributed by atoms with Gasteiger partial charge >= 0.3 is 12.2 Å². The Morgan fingerprint density at radius 3 is 1.70 bits per heavy atom. The van der Waals surface area contributed by atoms with Crippen molar-refractivity contribution in [3.63, 3.8) is 0 Å². The Labute approximate surface area is 353 Å². The Bertz CT molecular complexity index is 2500. The summed E-state index contributed by atoms with van der Waals surface area (Å²) in [7, 11) is 2.55. The zero-order valence-corrected chi connectivity index (χ0v) is 35.4. The molecule has 4 amide bonds. The van der Waals surface area contributed by atoms with Crippen LogP contribution in [0.2, 0.25) is 0 Å². The number of alkyl carbamates (subject to hydrolysis) is 2. The van der Waals surface area contributed by atoms with Gasteiger partial charge in [0, 0.05) is 13.0 Å². The van der Waals surface area contributed by atoms with Gasteiger partial charge in [-0.05, 0) is 65.3 Å². The third kappa shape index (κ3) is 8.16. The first-order valence-corrected chi connectivity index (χ1v) is 20.6. The standard InChI is InChI=1S/C45H52N8O8/c1-24(2)37(50-43(56)58-6)41(54)52-22-26(5)18-35(52)39-46-31-14-12-29(19-33(31)48-39)27-8-10-28(11-9-27)30-13-15-32-34(20-30)49-40(47-32)36-21-45(60-16-17-61-45)23-53(36)42(55)38(25(3)4)51-44(57)59-7/h8-15,18-20,24-25,35-38H,16-17,21-23H2,1-7H3,(H,46,48)(H,47,49)(H,50,56)(H,51,57). The first-order chi connectivity index (χ1) is 29.3. The summed E-state index contributed by atoms with van der Waals surface area (Å²) in [5.41, 5.74) is 8.25. The molecule has 61 heavy (non-hydrogen) atoms. The van der Waals surface area contributed by atoms with E-state index in [1.165, 1.54) is 14.2 Å². The third-order valence-electron chi connectivity index (χ3n) is 11.8. The highest BCUT2D eigenvalue weighted by Gasteiger charge is 2.53. The number of carbonyl (C=O) groups is 4. The van der Waals surface area contributed by atoms with Gasteiger partial charge in [0.05, 0.1) is 62.1 Å². The number of ether oxygens (including phenoxy) is 4. The monoisotopic (exact) mass is 832 g/mol. The number of carbonyl (C=O) groups excluding carboxylic acids is 4. The number of H-pyrrole nitrogens is 2. The normalized spacial score (nSPS) is 19.5. The van der Waals surface area contributed by atoms with E-state index in [-0.39, 0.29) is 30.2 Å². The lowest BCUT2D eigenvalue weighted by molar-refractivity contribution is -0.153. The molecule has 5 heterocycles. The second-order valence-electron chi connectivity index (χ2n) is 16.7. The van der Waals surface area contributed by atoms with Gasteiger partial charge in [-0.2, -0.15) is 0 Å². The van der Waals surface area contributed by atoms with Crippen LogP contribution in [0.4, 0.5) is 9.59 Å². The maximum absolute atomic E-state index is 14.1. The molecule has 3 aliphatic rings. The van der Waals surface area contributed by atoms with Crippen LogP contribution in [0.3, 0.4) is 0 Å². The molecule has 0 aliphatic carbocycles. The maximum Gasteiger partial charge on any atom is 0.407 e. The van der Waals surface area contributed by atoms with Crippen LogP contribution in [0.25, 0.3) is 44.3 Å². The third-order valence-corrected chi connectivity index (χ3v) is 11.8. The molecule has 16 heteroatoms. The topological polar surface area (TPSA) is 193 Å². The number of methoxy groups -OCH3 is 2. The molecule has 2 saturated heterocycles. The number of benzene rings is 3. The number of nitrogens with one attached hydrogen (secondary N) is 4. The molecule has 4 unspecified atom stereocenters. The molecular formula is C45H52N8O8. The van der Waals surface area contributed by atoms with Crippen molar-refractivity contribution in [2.24, 2.45) is 11.8 Å². The van der Waals surface area contributed by atoms with E-state index in [4.69, 9.17) is 28.9 Å². The molecule has 5 aromatic rings. The summed E-state index contributed by atoms with van der Waals surface area (Å²) in [6.07, 6.45) is 1.10. The summed E-state index contributed by atoms with van der Waals surface area (Å²) in [6.45, 7) is 11.0. The summed E-state index contributed by atoms with van der Waals surface area (Å²) < 4.78 is 21.7. The number of hydrogen-bond donors (Lipinski definition) is 4. The molecule has 2 fully saturated rings. The van der Waals surface area contributed by atoms with Crippen LogP contribution < -0.4 is 10.6 Å². The molecule has 1 spiro atoms. The summed E-state index contributed by atoms with van der Waals surface area (Å²) in [4.78, 5) is 72.3. The summed E-state index contributed by atoms with van der Waals surface area (Å²) >= 11 is 0. The zero-order chi connectivity index (χ0) is 43.2. The molecule has 0 bridgehead atoms. The van der Waals surface area contributed by atoms with Crippen LogP contribution in [0.1, 0.15) is 64.8 Å². The van der Waals surface area contributed by atoms with Gasteiger partial charge in [-0.3, -0.25) is 9.59 Å². The van der Waals surface area contributed by atoms with E-state index in [2.05, 4.69) is 57.0 Å². The van der Waals surface area contributed by atoms with Crippen molar-refractivity contribution in [2.45, 2.75) is 71.0 Å². The smallest absolute Gasteiger partial charge is 0.407 e. The summed E-state index contributed by atoms with van der Waals surface area (Å²) in [5, 5.41) is 5.40. The molecule has 0 saturated carbocycles. The van der Waals surface area contributed by atoms with Crippen LogP contribution in [-0.2, 0) is 28.5 Å². The molecule has 2 aromatic heterocycles. The highest BCUT2D eigenvalue weighted by Crippen LogP contribution is 2.43. The fourth-order valence-electron chi connectivity index (χ4n) is 8.57. The Hall–Kier alpha value is -6.26. The minimum Gasteiger partial charge on any atom is -0.453 e. The van der Waals surface area contributed by atoms with Gasteiger partial charge in [0.1, 0.15) is 29.8 Å². The van der Waals surface area contributed by atoms with Crippen molar-refractivity contribution >= 4 is 46.1 Å². The van der Waals surface area contributed by atoms with E-state index in [1.807, 2.05) is 65.0 Å². The molecule has 320 valence electrons. The van der Waals surface area contributed by atoms with E-state index in [9.17, 15) is 19.2 Å². The van der Waals surface area contributed by atoms with E-state index in [0.717, 1.165) is 49.9 Å². The molecule has 4 N–H and O–H groups in total. The minimum absolute atomic E-state index is 0.149. The molecule has 8 rings (SSSR count).